The normalized spacial score (nSPS) is 9.73. The monoisotopic (exact) mass is 280 g/mol. The first kappa shape index (κ1) is 8.80. The molecule has 1 aromatic rings. The largest absolute Gasteiger partial charge is 0.480 e. The van der Waals surface area contributed by atoms with Crippen LogP contribution in [0.15, 0.2) is 15.1 Å². The number of anilines is 1. The van der Waals surface area contributed by atoms with E-state index in [4.69, 9.17) is 10.5 Å². The number of aromatic nitrogens is 1. The zero-order valence-electron chi connectivity index (χ0n) is 5.77. The Morgan fingerprint density at radius 1 is 1.45 bits per heavy atom. The molecule has 5 heteroatoms. The zero-order chi connectivity index (χ0) is 8.43. The van der Waals surface area contributed by atoms with E-state index in [1.807, 2.05) is 0 Å². The van der Waals surface area contributed by atoms with E-state index in [9.17, 15) is 0 Å². The first-order valence-electron chi connectivity index (χ1n) is 2.80. The minimum atomic E-state index is 0.520. The second kappa shape index (κ2) is 3.40. The van der Waals surface area contributed by atoms with Crippen LogP contribution in [-0.4, -0.2) is 12.1 Å². The SMILES string of the molecule is COc1ncc(N)c(Br)c1Br. The van der Waals surface area contributed by atoms with Gasteiger partial charge in [-0.1, -0.05) is 0 Å². The molecule has 2 N–H and O–H groups in total. The van der Waals surface area contributed by atoms with Gasteiger partial charge < -0.3 is 10.5 Å². The first-order chi connectivity index (χ1) is 5.16. The summed E-state index contributed by atoms with van der Waals surface area (Å²) >= 11 is 6.56. The van der Waals surface area contributed by atoms with Gasteiger partial charge in [-0.15, -0.1) is 0 Å². The lowest BCUT2D eigenvalue weighted by Crippen LogP contribution is -1.93. The number of rotatable bonds is 1. The van der Waals surface area contributed by atoms with Gasteiger partial charge in [0.2, 0.25) is 5.88 Å². The Morgan fingerprint density at radius 3 is 2.64 bits per heavy atom. The van der Waals surface area contributed by atoms with Gasteiger partial charge in [0, 0.05) is 0 Å². The number of hydrogen-bond acceptors (Lipinski definition) is 3. The Kier molecular flexibility index (Phi) is 2.72. The van der Waals surface area contributed by atoms with Crippen molar-refractivity contribution < 1.29 is 4.74 Å². The summed E-state index contributed by atoms with van der Waals surface area (Å²) < 4.78 is 6.44. The Balaban J connectivity index is 3.25. The molecule has 0 aromatic carbocycles. The maximum Gasteiger partial charge on any atom is 0.228 e. The minimum absolute atomic E-state index is 0.520. The van der Waals surface area contributed by atoms with Gasteiger partial charge in [-0.25, -0.2) is 4.98 Å². The lowest BCUT2D eigenvalue weighted by Gasteiger charge is -2.04. The molecule has 0 saturated heterocycles. The summed E-state index contributed by atoms with van der Waals surface area (Å²) in [6.07, 6.45) is 1.54. The van der Waals surface area contributed by atoms with E-state index in [0.717, 1.165) is 8.95 Å². The third-order valence-corrected chi connectivity index (χ3v) is 3.27. The molecule has 0 aliphatic carbocycles. The molecule has 0 fully saturated rings. The highest BCUT2D eigenvalue weighted by Crippen LogP contribution is 2.34. The Morgan fingerprint density at radius 2 is 2.09 bits per heavy atom. The fourth-order valence-electron chi connectivity index (χ4n) is 0.604. The van der Waals surface area contributed by atoms with Gasteiger partial charge in [0.05, 0.1) is 27.9 Å². The molecule has 11 heavy (non-hydrogen) atoms. The van der Waals surface area contributed by atoms with Crippen molar-refractivity contribution in [3.63, 3.8) is 0 Å². The van der Waals surface area contributed by atoms with Crippen molar-refractivity contribution in [3.05, 3.63) is 15.1 Å². The number of nitrogen functional groups attached to an aromatic ring is 1. The van der Waals surface area contributed by atoms with Crippen molar-refractivity contribution >= 4 is 37.5 Å². The molecule has 1 rings (SSSR count). The third-order valence-electron chi connectivity index (χ3n) is 1.15. The average molecular weight is 282 g/mol. The lowest BCUT2D eigenvalue weighted by atomic mass is 10.4. The lowest BCUT2D eigenvalue weighted by molar-refractivity contribution is 0.395. The van der Waals surface area contributed by atoms with Crippen LogP contribution in [0.1, 0.15) is 0 Å². The number of hydrogen-bond donors (Lipinski definition) is 1. The van der Waals surface area contributed by atoms with Crippen LogP contribution >= 0.6 is 31.9 Å². The highest BCUT2D eigenvalue weighted by atomic mass is 79.9. The topological polar surface area (TPSA) is 48.1 Å². The maximum absolute atomic E-state index is 5.55. The van der Waals surface area contributed by atoms with E-state index in [2.05, 4.69) is 36.8 Å². The van der Waals surface area contributed by atoms with Gasteiger partial charge in [0.1, 0.15) is 0 Å². The van der Waals surface area contributed by atoms with Gasteiger partial charge in [0.15, 0.2) is 0 Å². The number of methoxy groups -OCH3 is 1. The summed E-state index contributed by atoms with van der Waals surface area (Å²) in [4.78, 5) is 3.93. The molecular formula is C6H6Br2N2O. The maximum atomic E-state index is 5.55. The number of pyridine rings is 1. The number of nitrogens with two attached hydrogens (primary N) is 1. The van der Waals surface area contributed by atoms with E-state index in [1.165, 1.54) is 6.20 Å². The molecule has 0 bridgehead atoms. The van der Waals surface area contributed by atoms with Crippen LogP contribution in [0.2, 0.25) is 0 Å². The molecule has 0 radical (unpaired) electrons. The molecule has 1 heterocycles. The van der Waals surface area contributed by atoms with E-state index < -0.39 is 0 Å². The van der Waals surface area contributed by atoms with Crippen molar-refractivity contribution in [2.75, 3.05) is 12.8 Å². The highest BCUT2D eigenvalue weighted by Gasteiger charge is 2.07. The van der Waals surface area contributed by atoms with Gasteiger partial charge in [-0.3, -0.25) is 0 Å². The fourth-order valence-corrected chi connectivity index (χ4v) is 1.37. The van der Waals surface area contributed by atoms with Crippen LogP contribution in [-0.2, 0) is 0 Å². The minimum Gasteiger partial charge on any atom is -0.480 e. The predicted molar refractivity (Wildman–Crippen MR) is 50.6 cm³/mol. The standard InChI is InChI=1S/C6H6Br2N2O/c1-11-6-5(8)4(7)3(9)2-10-6/h2H,9H2,1H3. The van der Waals surface area contributed by atoms with Crippen LogP contribution < -0.4 is 10.5 Å². The molecule has 3 nitrogen and oxygen atoms in total. The zero-order valence-corrected chi connectivity index (χ0v) is 8.94. The van der Waals surface area contributed by atoms with E-state index in [0.29, 0.717) is 11.6 Å². The molecular weight excluding hydrogens is 276 g/mol. The number of ether oxygens (including phenoxy) is 1. The van der Waals surface area contributed by atoms with Gasteiger partial charge >= 0.3 is 0 Å². The predicted octanol–water partition coefficient (Wildman–Crippen LogP) is 2.20. The molecule has 1 aromatic heterocycles. The van der Waals surface area contributed by atoms with Gasteiger partial charge in [-0.05, 0) is 31.9 Å². The molecule has 0 amide bonds. The van der Waals surface area contributed by atoms with Crippen LogP contribution in [0.25, 0.3) is 0 Å². The Bertz CT molecular complexity index is 278. The Labute approximate surface area is 81.2 Å². The molecule has 0 spiro atoms. The summed E-state index contributed by atoms with van der Waals surface area (Å²) in [5.41, 5.74) is 6.13. The van der Waals surface area contributed by atoms with Crippen molar-refractivity contribution in [1.29, 1.82) is 0 Å². The first-order valence-corrected chi connectivity index (χ1v) is 4.39. The second-order valence-corrected chi connectivity index (χ2v) is 3.44. The molecule has 0 aliphatic heterocycles. The summed E-state index contributed by atoms with van der Waals surface area (Å²) in [5, 5.41) is 0. The van der Waals surface area contributed by atoms with Crippen LogP contribution in [0.3, 0.4) is 0 Å². The number of halogens is 2. The van der Waals surface area contributed by atoms with Crippen molar-refractivity contribution in [3.8, 4) is 5.88 Å². The van der Waals surface area contributed by atoms with E-state index in [-0.39, 0.29) is 0 Å². The summed E-state index contributed by atoms with van der Waals surface area (Å²) in [6, 6.07) is 0. The smallest absolute Gasteiger partial charge is 0.228 e. The van der Waals surface area contributed by atoms with E-state index >= 15 is 0 Å². The fraction of sp³-hybridized carbons (Fsp3) is 0.167. The van der Waals surface area contributed by atoms with Crippen LogP contribution in [0.5, 0.6) is 5.88 Å². The third kappa shape index (κ3) is 1.65. The quantitative estimate of drug-likeness (QED) is 0.859. The van der Waals surface area contributed by atoms with E-state index in [1.54, 1.807) is 7.11 Å². The summed E-state index contributed by atoms with van der Waals surface area (Å²) in [7, 11) is 1.55. The Hall–Kier alpha value is -0.290. The number of nitrogens with zero attached hydrogens (tertiary/aromatic N) is 1. The molecule has 60 valence electrons. The van der Waals surface area contributed by atoms with Crippen molar-refractivity contribution in [2.24, 2.45) is 0 Å². The van der Waals surface area contributed by atoms with Crippen LogP contribution in [0, 0.1) is 0 Å². The molecule has 0 saturated carbocycles. The van der Waals surface area contributed by atoms with Crippen molar-refractivity contribution in [1.82, 2.24) is 4.98 Å². The van der Waals surface area contributed by atoms with Crippen LogP contribution in [0.4, 0.5) is 5.69 Å². The highest BCUT2D eigenvalue weighted by molar-refractivity contribution is 9.13. The summed E-state index contributed by atoms with van der Waals surface area (Å²) in [5.74, 6) is 0.520. The van der Waals surface area contributed by atoms with Gasteiger partial charge in [0.25, 0.3) is 0 Å². The summed E-state index contributed by atoms with van der Waals surface area (Å²) in [6.45, 7) is 0. The molecule has 0 unspecified atom stereocenters. The second-order valence-electron chi connectivity index (χ2n) is 1.85. The average Bonchev–Trinajstić information content (AvgIpc) is 2.01. The molecule has 0 atom stereocenters. The van der Waals surface area contributed by atoms with Crippen molar-refractivity contribution in [2.45, 2.75) is 0 Å². The van der Waals surface area contributed by atoms with Gasteiger partial charge in [-0.2, -0.15) is 0 Å². The molecule has 0 aliphatic rings.